The summed E-state index contributed by atoms with van der Waals surface area (Å²) in [5.41, 5.74) is -0.135. The number of thioether (sulfide) groups is 1. The highest BCUT2D eigenvalue weighted by Crippen LogP contribution is 2.29. The molecule has 1 aromatic heterocycles. The minimum atomic E-state index is -0.135. The van der Waals surface area contributed by atoms with E-state index in [4.69, 9.17) is 4.52 Å². The Kier molecular flexibility index (Phi) is 3.35. The molecule has 4 heteroatoms. The Balaban J connectivity index is 1.78. The van der Waals surface area contributed by atoms with Crippen molar-refractivity contribution in [1.29, 1.82) is 0 Å². The summed E-state index contributed by atoms with van der Waals surface area (Å²) in [6.07, 6.45) is 6.73. The van der Waals surface area contributed by atoms with Gasteiger partial charge in [-0.3, -0.25) is 4.79 Å². The van der Waals surface area contributed by atoms with Gasteiger partial charge in [-0.2, -0.15) is 16.9 Å². The molecule has 0 amide bonds. The van der Waals surface area contributed by atoms with E-state index in [-0.39, 0.29) is 5.56 Å². The van der Waals surface area contributed by atoms with Crippen molar-refractivity contribution in [3.8, 4) is 0 Å². The fourth-order valence-electron chi connectivity index (χ4n) is 1.82. The van der Waals surface area contributed by atoms with Crippen LogP contribution in [0.15, 0.2) is 15.4 Å². The number of aromatic nitrogens is 1. The Hall–Kier alpha value is -0.640. The number of nitrogens with one attached hydrogen (secondary N) is 1. The molecule has 1 saturated carbocycles. The predicted molar refractivity (Wildman–Crippen MR) is 57.5 cm³/mol. The highest BCUT2D eigenvalue weighted by atomic mass is 32.2. The molecule has 14 heavy (non-hydrogen) atoms. The van der Waals surface area contributed by atoms with Gasteiger partial charge in [0.2, 0.25) is 0 Å². The predicted octanol–water partition coefficient (Wildman–Crippen LogP) is 2.53. The first kappa shape index (κ1) is 9.90. The molecule has 0 unspecified atom stereocenters. The van der Waals surface area contributed by atoms with E-state index in [1.54, 1.807) is 0 Å². The molecule has 1 fully saturated rings. The van der Waals surface area contributed by atoms with Crippen LogP contribution < -0.4 is 5.56 Å². The van der Waals surface area contributed by atoms with Gasteiger partial charge in [0, 0.05) is 11.3 Å². The first-order valence-corrected chi connectivity index (χ1v) is 6.18. The monoisotopic (exact) mass is 213 g/mol. The zero-order valence-electron chi connectivity index (χ0n) is 8.12. The highest BCUT2D eigenvalue weighted by Gasteiger charge is 2.14. The molecule has 3 nitrogen and oxygen atoms in total. The van der Waals surface area contributed by atoms with Crippen molar-refractivity contribution in [3.63, 3.8) is 0 Å². The summed E-state index contributed by atoms with van der Waals surface area (Å²) >= 11 is 1.91. The zero-order valence-corrected chi connectivity index (χ0v) is 8.94. The molecule has 2 rings (SSSR count). The SMILES string of the molecule is O=c1cc(CSC2CCCCC2)o[nH]1. The van der Waals surface area contributed by atoms with Crippen LogP contribution in [-0.4, -0.2) is 10.4 Å². The van der Waals surface area contributed by atoms with Crippen molar-refractivity contribution in [2.75, 3.05) is 0 Å². The molecule has 0 bridgehead atoms. The number of hydrogen-bond donors (Lipinski definition) is 1. The lowest BCUT2D eigenvalue weighted by Gasteiger charge is -2.20. The van der Waals surface area contributed by atoms with Crippen molar-refractivity contribution in [1.82, 2.24) is 5.16 Å². The van der Waals surface area contributed by atoms with Crippen LogP contribution in [0.3, 0.4) is 0 Å². The molecule has 0 saturated heterocycles. The normalized spacial score (nSPS) is 18.6. The summed E-state index contributed by atoms with van der Waals surface area (Å²) in [6.45, 7) is 0. The summed E-state index contributed by atoms with van der Waals surface area (Å²) in [5.74, 6) is 1.59. The molecule has 1 aromatic rings. The second-order valence-corrected chi connectivity index (χ2v) is 5.04. The average Bonchev–Trinajstić information content (AvgIpc) is 2.63. The van der Waals surface area contributed by atoms with Crippen LogP contribution in [0.1, 0.15) is 37.9 Å². The lowest BCUT2D eigenvalue weighted by molar-refractivity contribution is 0.389. The van der Waals surface area contributed by atoms with Gasteiger partial charge in [-0.15, -0.1) is 0 Å². The molecule has 1 aliphatic rings. The minimum absolute atomic E-state index is 0.135. The maximum Gasteiger partial charge on any atom is 0.280 e. The van der Waals surface area contributed by atoms with E-state index in [0.717, 1.165) is 16.8 Å². The second kappa shape index (κ2) is 4.73. The first-order valence-electron chi connectivity index (χ1n) is 5.13. The number of H-pyrrole nitrogens is 1. The van der Waals surface area contributed by atoms with Crippen molar-refractivity contribution < 1.29 is 4.52 Å². The first-order chi connectivity index (χ1) is 6.84. The van der Waals surface area contributed by atoms with Crippen LogP contribution in [0.2, 0.25) is 0 Å². The summed E-state index contributed by atoms with van der Waals surface area (Å²) < 4.78 is 5.00. The summed E-state index contributed by atoms with van der Waals surface area (Å²) in [7, 11) is 0. The third kappa shape index (κ3) is 2.67. The molecule has 0 spiro atoms. The van der Waals surface area contributed by atoms with Gasteiger partial charge < -0.3 is 4.52 Å². The third-order valence-corrected chi connectivity index (χ3v) is 3.98. The molecule has 1 aliphatic carbocycles. The topological polar surface area (TPSA) is 46.0 Å². The molecule has 0 aromatic carbocycles. The van der Waals surface area contributed by atoms with Gasteiger partial charge in [-0.25, -0.2) is 0 Å². The lowest BCUT2D eigenvalue weighted by atomic mass is 10.0. The summed E-state index contributed by atoms with van der Waals surface area (Å²) in [5, 5.41) is 3.08. The van der Waals surface area contributed by atoms with E-state index >= 15 is 0 Å². The Morgan fingerprint density at radius 3 is 2.86 bits per heavy atom. The van der Waals surface area contributed by atoms with Crippen LogP contribution in [0, 0.1) is 0 Å². The van der Waals surface area contributed by atoms with Gasteiger partial charge >= 0.3 is 0 Å². The van der Waals surface area contributed by atoms with E-state index < -0.39 is 0 Å². The van der Waals surface area contributed by atoms with E-state index in [0.29, 0.717) is 0 Å². The standard InChI is InChI=1S/C10H15NO2S/c12-10-6-8(13-11-10)7-14-9-4-2-1-3-5-9/h6,9H,1-5,7H2,(H,11,12). The molecular weight excluding hydrogens is 198 g/mol. The van der Waals surface area contributed by atoms with Crippen molar-refractivity contribution >= 4 is 11.8 Å². The number of aromatic amines is 1. The molecule has 1 N–H and O–H groups in total. The van der Waals surface area contributed by atoms with E-state index in [9.17, 15) is 4.79 Å². The van der Waals surface area contributed by atoms with Crippen molar-refractivity contribution in [3.05, 3.63) is 22.2 Å². The van der Waals surface area contributed by atoms with E-state index in [2.05, 4.69) is 5.16 Å². The lowest BCUT2D eigenvalue weighted by Crippen LogP contribution is -2.08. The largest absolute Gasteiger partial charge is 0.383 e. The summed E-state index contributed by atoms with van der Waals surface area (Å²) in [6, 6.07) is 1.54. The van der Waals surface area contributed by atoms with Crippen LogP contribution in [0.25, 0.3) is 0 Å². The van der Waals surface area contributed by atoms with Gasteiger partial charge in [0.1, 0.15) is 5.76 Å². The van der Waals surface area contributed by atoms with Gasteiger partial charge in [-0.05, 0) is 12.8 Å². The smallest absolute Gasteiger partial charge is 0.280 e. The zero-order chi connectivity index (χ0) is 9.80. The van der Waals surface area contributed by atoms with Crippen LogP contribution in [0.4, 0.5) is 0 Å². The van der Waals surface area contributed by atoms with Gasteiger partial charge in [0.15, 0.2) is 0 Å². The molecule has 0 aliphatic heterocycles. The second-order valence-electron chi connectivity index (χ2n) is 3.75. The Bertz CT molecular complexity index is 325. The fourth-order valence-corrected chi connectivity index (χ4v) is 3.03. The van der Waals surface area contributed by atoms with E-state index in [1.165, 1.54) is 38.2 Å². The highest BCUT2D eigenvalue weighted by molar-refractivity contribution is 7.99. The quantitative estimate of drug-likeness (QED) is 0.839. The molecule has 0 atom stereocenters. The molecule has 78 valence electrons. The third-order valence-electron chi connectivity index (χ3n) is 2.59. The maximum absolute atomic E-state index is 10.8. The Morgan fingerprint density at radius 2 is 2.21 bits per heavy atom. The molecule has 0 radical (unpaired) electrons. The average molecular weight is 213 g/mol. The van der Waals surface area contributed by atoms with Crippen molar-refractivity contribution in [2.45, 2.75) is 43.1 Å². The molecular formula is C10H15NO2S. The van der Waals surface area contributed by atoms with Crippen LogP contribution in [-0.2, 0) is 5.75 Å². The summed E-state index contributed by atoms with van der Waals surface area (Å²) in [4.78, 5) is 10.8. The Labute approximate surface area is 87.2 Å². The van der Waals surface area contributed by atoms with Gasteiger partial charge in [0.05, 0.1) is 5.75 Å². The van der Waals surface area contributed by atoms with E-state index in [1.807, 2.05) is 11.8 Å². The fraction of sp³-hybridized carbons (Fsp3) is 0.700. The Morgan fingerprint density at radius 1 is 1.43 bits per heavy atom. The minimum Gasteiger partial charge on any atom is -0.383 e. The molecule has 1 heterocycles. The number of hydrogen-bond acceptors (Lipinski definition) is 3. The van der Waals surface area contributed by atoms with Gasteiger partial charge in [-0.1, -0.05) is 19.3 Å². The van der Waals surface area contributed by atoms with Crippen LogP contribution >= 0.6 is 11.8 Å². The van der Waals surface area contributed by atoms with Crippen LogP contribution in [0.5, 0.6) is 0 Å². The van der Waals surface area contributed by atoms with Gasteiger partial charge in [0.25, 0.3) is 5.56 Å². The van der Waals surface area contributed by atoms with Crippen molar-refractivity contribution in [2.24, 2.45) is 0 Å². The maximum atomic E-state index is 10.8. The number of rotatable bonds is 3.